The van der Waals surface area contributed by atoms with Gasteiger partial charge < -0.3 is 5.32 Å². The van der Waals surface area contributed by atoms with Gasteiger partial charge >= 0.3 is 0 Å². The van der Waals surface area contributed by atoms with Gasteiger partial charge in [0.2, 0.25) is 0 Å². The number of halogens is 1. The van der Waals surface area contributed by atoms with Crippen molar-refractivity contribution in [2.45, 2.75) is 6.92 Å². The molecule has 0 atom stereocenters. The number of carbonyl (C=O) groups is 1. The fourth-order valence-corrected chi connectivity index (χ4v) is 2.04. The highest BCUT2D eigenvalue weighted by atomic mass is 35.5. The molecule has 2 rings (SSSR count). The third-order valence-corrected chi connectivity index (χ3v) is 3.04. The number of thiazole rings is 1. The molecule has 2 aromatic rings. The zero-order valence-electron chi connectivity index (χ0n) is 8.53. The minimum Gasteiger partial charge on any atom is -0.321 e. The maximum Gasteiger partial charge on any atom is 0.275 e. The number of benzene rings is 1. The predicted octanol–water partition coefficient (Wildman–Crippen LogP) is 3.36. The first-order valence-corrected chi connectivity index (χ1v) is 5.89. The van der Waals surface area contributed by atoms with E-state index >= 15 is 0 Å². The highest BCUT2D eigenvalue weighted by molar-refractivity contribution is 7.09. The Morgan fingerprint density at radius 2 is 2.31 bits per heavy atom. The van der Waals surface area contributed by atoms with Crippen LogP contribution < -0.4 is 5.32 Å². The summed E-state index contributed by atoms with van der Waals surface area (Å²) in [5.41, 5.74) is 2.79. The molecule has 1 heterocycles. The third kappa shape index (κ3) is 2.40. The van der Waals surface area contributed by atoms with Crippen molar-refractivity contribution in [3.05, 3.63) is 45.4 Å². The number of aryl methyl sites for hydroxylation is 1. The highest BCUT2D eigenvalue weighted by Crippen LogP contribution is 2.17. The van der Waals surface area contributed by atoms with Gasteiger partial charge in [0.1, 0.15) is 5.69 Å². The minimum atomic E-state index is -0.207. The van der Waals surface area contributed by atoms with E-state index in [1.165, 1.54) is 11.3 Å². The molecule has 0 radical (unpaired) electrons. The Balaban J connectivity index is 2.17. The molecule has 0 saturated carbocycles. The van der Waals surface area contributed by atoms with Crippen LogP contribution in [0.1, 0.15) is 15.4 Å². The molecule has 1 amide bonds. The monoisotopic (exact) mass is 252 g/mol. The van der Waals surface area contributed by atoms with Gasteiger partial charge in [0.25, 0.3) is 5.91 Å². The summed E-state index contributed by atoms with van der Waals surface area (Å²) in [5, 5.41) is 3.34. The average molecular weight is 253 g/mol. The predicted molar refractivity (Wildman–Crippen MR) is 66.3 cm³/mol. The number of anilines is 1. The van der Waals surface area contributed by atoms with E-state index in [4.69, 9.17) is 11.6 Å². The van der Waals surface area contributed by atoms with Gasteiger partial charge in [-0.2, -0.15) is 0 Å². The molecule has 1 aromatic carbocycles. The normalized spacial score (nSPS) is 10.1. The van der Waals surface area contributed by atoms with Gasteiger partial charge in [-0.1, -0.05) is 17.7 Å². The van der Waals surface area contributed by atoms with E-state index < -0.39 is 0 Å². The molecule has 1 aromatic heterocycles. The van der Waals surface area contributed by atoms with Gasteiger partial charge in [-0.25, -0.2) is 4.98 Å². The van der Waals surface area contributed by atoms with Crippen LogP contribution in [0.15, 0.2) is 29.8 Å². The van der Waals surface area contributed by atoms with E-state index in [0.717, 1.165) is 4.88 Å². The molecular formula is C11H9ClN2OS. The molecule has 0 unspecified atom stereocenters. The fourth-order valence-electron chi connectivity index (χ4n) is 1.28. The van der Waals surface area contributed by atoms with Crippen LogP contribution in [-0.2, 0) is 0 Å². The Morgan fingerprint density at radius 1 is 1.50 bits per heavy atom. The van der Waals surface area contributed by atoms with Crippen LogP contribution in [0.2, 0.25) is 5.02 Å². The van der Waals surface area contributed by atoms with Crippen LogP contribution in [0.5, 0.6) is 0 Å². The molecule has 5 heteroatoms. The van der Waals surface area contributed by atoms with Crippen LogP contribution in [0, 0.1) is 6.92 Å². The zero-order chi connectivity index (χ0) is 11.5. The van der Waals surface area contributed by atoms with Crippen molar-refractivity contribution in [2.24, 2.45) is 0 Å². The average Bonchev–Trinajstić information content (AvgIpc) is 2.64. The van der Waals surface area contributed by atoms with Crippen molar-refractivity contribution >= 4 is 34.5 Å². The second-order valence-electron chi connectivity index (χ2n) is 3.22. The largest absolute Gasteiger partial charge is 0.321 e. The van der Waals surface area contributed by atoms with E-state index in [1.807, 2.05) is 6.92 Å². The number of amides is 1. The maximum absolute atomic E-state index is 11.8. The van der Waals surface area contributed by atoms with E-state index in [9.17, 15) is 4.79 Å². The lowest BCUT2D eigenvalue weighted by Crippen LogP contribution is -2.13. The van der Waals surface area contributed by atoms with Crippen molar-refractivity contribution in [2.75, 3.05) is 5.32 Å². The van der Waals surface area contributed by atoms with E-state index in [1.54, 1.807) is 29.8 Å². The Labute approximate surface area is 102 Å². The quantitative estimate of drug-likeness (QED) is 0.891. The number of carbonyl (C=O) groups excluding carboxylic acids is 1. The van der Waals surface area contributed by atoms with Gasteiger partial charge in [0.15, 0.2) is 0 Å². The number of nitrogens with one attached hydrogen (secondary N) is 1. The van der Waals surface area contributed by atoms with Crippen LogP contribution in [0.3, 0.4) is 0 Å². The molecule has 0 bridgehead atoms. The summed E-state index contributed by atoms with van der Waals surface area (Å²) in [4.78, 5) is 16.7. The highest BCUT2D eigenvalue weighted by Gasteiger charge is 2.11. The molecule has 0 spiro atoms. The second-order valence-corrected chi connectivity index (χ2v) is 4.72. The molecule has 0 aliphatic carbocycles. The summed E-state index contributed by atoms with van der Waals surface area (Å²) in [7, 11) is 0. The number of hydrogen-bond acceptors (Lipinski definition) is 3. The smallest absolute Gasteiger partial charge is 0.275 e. The maximum atomic E-state index is 11.8. The van der Waals surface area contributed by atoms with Crippen LogP contribution in [-0.4, -0.2) is 10.9 Å². The van der Waals surface area contributed by atoms with Gasteiger partial charge in [0, 0.05) is 15.6 Å². The SMILES string of the molecule is Cc1scnc1C(=O)Nc1cccc(Cl)c1. The molecule has 3 nitrogen and oxygen atoms in total. The summed E-state index contributed by atoms with van der Waals surface area (Å²) in [6, 6.07) is 7.02. The Morgan fingerprint density at radius 3 is 2.94 bits per heavy atom. The lowest BCUT2D eigenvalue weighted by atomic mass is 10.3. The molecule has 0 aliphatic rings. The first-order chi connectivity index (χ1) is 7.66. The molecular weight excluding hydrogens is 244 g/mol. The molecule has 16 heavy (non-hydrogen) atoms. The number of rotatable bonds is 2. The number of hydrogen-bond donors (Lipinski definition) is 1. The van der Waals surface area contributed by atoms with Crippen molar-refractivity contribution in [1.29, 1.82) is 0 Å². The molecule has 1 N–H and O–H groups in total. The number of nitrogens with zero attached hydrogens (tertiary/aromatic N) is 1. The standard InChI is InChI=1S/C11H9ClN2OS/c1-7-10(13-6-16-7)11(15)14-9-4-2-3-8(12)5-9/h2-6H,1H3,(H,14,15). The lowest BCUT2D eigenvalue weighted by Gasteiger charge is -2.03. The molecule has 82 valence electrons. The van der Waals surface area contributed by atoms with Gasteiger partial charge in [0.05, 0.1) is 5.51 Å². The van der Waals surface area contributed by atoms with E-state index in [2.05, 4.69) is 10.3 Å². The van der Waals surface area contributed by atoms with Crippen LogP contribution in [0.4, 0.5) is 5.69 Å². The van der Waals surface area contributed by atoms with Crippen LogP contribution in [0.25, 0.3) is 0 Å². The Bertz CT molecular complexity index is 524. The summed E-state index contributed by atoms with van der Waals surface area (Å²) in [6.07, 6.45) is 0. The van der Waals surface area contributed by atoms with Crippen LogP contribution >= 0.6 is 22.9 Å². The van der Waals surface area contributed by atoms with Crippen molar-refractivity contribution in [3.63, 3.8) is 0 Å². The molecule has 0 aliphatic heterocycles. The summed E-state index contributed by atoms with van der Waals surface area (Å²) >= 11 is 7.27. The van der Waals surface area contributed by atoms with Crippen molar-refractivity contribution in [3.8, 4) is 0 Å². The molecule has 0 saturated heterocycles. The zero-order valence-corrected chi connectivity index (χ0v) is 10.1. The Kier molecular flexibility index (Phi) is 3.22. The van der Waals surface area contributed by atoms with Gasteiger partial charge in [-0.15, -0.1) is 11.3 Å². The van der Waals surface area contributed by atoms with E-state index in [-0.39, 0.29) is 5.91 Å². The summed E-state index contributed by atoms with van der Waals surface area (Å²) in [6.45, 7) is 1.87. The topological polar surface area (TPSA) is 42.0 Å². The summed E-state index contributed by atoms with van der Waals surface area (Å²) in [5.74, 6) is -0.207. The van der Waals surface area contributed by atoms with Crippen molar-refractivity contribution < 1.29 is 4.79 Å². The van der Waals surface area contributed by atoms with Gasteiger partial charge in [-0.05, 0) is 25.1 Å². The first-order valence-electron chi connectivity index (χ1n) is 4.64. The summed E-state index contributed by atoms with van der Waals surface area (Å²) < 4.78 is 0. The molecule has 0 fully saturated rings. The van der Waals surface area contributed by atoms with E-state index in [0.29, 0.717) is 16.4 Å². The Hall–Kier alpha value is -1.39. The van der Waals surface area contributed by atoms with Gasteiger partial charge in [-0.3, -0.25) is 4.79 Å². The second kappa shape index (κ2) is 4.63. The fraction of sp³-hybridized carbons (Fsp3) is 0.0909. The van der Waals surface area contributed by atoms with Crippen molar-refractivity contribution in [1.82, 2.24) is 4.98 Å². The number of aromatic nitrogens is 1. The minimum absolute atomic E-state index is 0.207. The first kappa shape index (κ1) is 11.1. The lowest BCUT2D eigenvalue weighted by molar-refractivity contribution is 0.102. The third-order valence-electron chi connectivity index (χ3n) is 2.04.